The van der Waals surface area contributed by atoms with Gasteiger partial charge in [-0.1, -0.05) is 43.2 Å². The quantitative estimate of drug-likeness (QED) is 0.586. The molecule has 0 radical (unpaired) electrons. The Balaban J connectivity index is 1.24. The van der Waals surface area contributed by atoms with E-state index in [9.17, 15) is 13.2 Å². The second kappa shape index (κ2) is 11.1. The third-order valence-corrected chi connectivity index (χ3v) is 8.37. The molecule has 0 bridgehead atoms. The zero-order chi connectivity index (χ0) is 20.5. The summed E-state index contributed by atoms with van der Waals surface area (Å²) in [5.74, 6) is -0.147. The van der Waals surface area contributed by atoms with E-state index in [-0.39, 0.29) is 23.3 Å². The van der Waals surface area contributed by atoms with Crippen LogP contribution in [0.2, 0.25) is 0 Å². The van der Waals surface area contributed by atoms with Crippen molar-refractivity contribution < 1.29 is 13.2 Å². The van der Waals surface area contributed by atoms with Gasteiger partial charge in [-0.2, -0.15) is 0 Å². The van der Waals surface area contributed by atoms with Crippen LogP contribution in [0.5, 0.6) is 0 Å². The van der Waals surface area contributed by atoms with Crippen LogP contribution < -0.4 is 5.32 Å². The highest BCUT2D eigenvalue weighted by Crippen LogP contribution is 2.25. The maximum atomic E-state index is 12.2. The predicted octanol–water partition coefficient (Wildman–Crippen LogP) is 2.06. The number of nitrogens with one attached hydrogen (secondary N) is 1. The molecule has 1 aromatic carbocycles. The molecule has 29 heavy (non-hydrogen) atoms. The fraction of sp³-hybridized carbons (Fsp3) is 0.682. The molecule has 1 saturated heterocycles. The molecule has 0 atom stereocenters. The van der Waals surface area contributed by atoms with Crippen molar-refractivity contribution in [3.8, 4) is 0 Å². The second-order valence-corrected chi connectivity index (χ2v) is 10.7. The standard InChI is InChI=1S/C22H35N3O3S/c26-22(11-18-29(27,28)21-9-4-5-10-21)23-12-6-13-24-14-16-25(17-15-24)19-20-7-2-1-3-8-20/h1-3,7-8,21H,4-6,9-19H2,(H,23,26). The first kappa shape index (κ1) is 22.2. The average molecular weight is 422 g/mol. The number of hydrogen-bond acceptors (Lipinski definition) is 5. The molecule has 1 aliphatic heterocycles. The Morgan fingerprint density at radius 1 is 1.00 bits per heavy atom. The topological polar surface area (TPSA) is 69.7 Å². The fourth-order valence-corrected chi connectivity index (χ4v) is 6.14. The Kier molecular flexibility index (Phi) is 8.51. The molecule has 1 saturated carbocycles. The number of carbonyl (C=O) groups excluding carboxylic acids is 1. The Bertz CT molecular complexity index is 725. The van der Waals surface area contributed by atoms with Crippen LogP contribution in [0, 0.1) is 0 Å². The third-order valence-electron chi connectivity index (χ3n) is 6.11. The van der Waals surface area contributed by atoms with Gasteiger partial charge >= 0.3 is 0 Å². The van der Waals surface area contributed by atoms with E-state index in [0.29, 0.717) is 6.54 Å². The van der Waals surface area contributed by atoms with Gasteiger partial charge in [0.1, 0.15) is 0 Å². The molecule has 6 nitrogen and oxygen atoms in total. The van der Waals surface area contributed by atoms with Gasteiger partial charge in [-0.15, -0.1) is 0 Å². The summed E-state index contributed by atoms with van der Waals surface area (Å²) in [5.41, 5.74) is 1.36. The summed E-state index contributed by atoms with van der Waals surface area (Å²) in [4.78, 5) is 16.9. The highest BCUT2D eigenvalue weighted by Gasteiger charge is 2.28. The van der Waals surface area contributed by atoms with Crippen LogP contribution >= 0.6 is 0 Å². The van der Waals surface area contributed by atoms with Crippen LogP contribution in [0.15, 0.2) is 30.3 Å². The smallest absolute Gasteiger partial charge is 0.221 e. The van der Waals surface area contributed by atoms with Crippen molar-refractivity contribution in [2.24, 2.45) is 0 Å². The molecule has 0 aromatic heterocycles. The van der Waals surface area contributed by atoms with Crippen molar-refractivity contribution in [3.05, 3.63) is 35.9 Å². The molecule has 2 fully saturated rings. The Labute approximate surface area is 175 Å². The van der Waals surface area contributed by atoms with Gasteiger partial charge < -0.3 is 10.2 Å². The number of sulfone groups is 1. The van der Waals surface area contributed by atoms with Crippen LogP contribution in [0.4, 0.5) is 0 Å². The minimum absolute atomic E-state index is 0.00707. The molecule has 7 heteroatoms. The van der Waals surface area contributed by atoms with E-state index >= 15 is 0 Å². The van der Waals surface area contributed by atoms with Gasteiger partial charge in [0, 0.05) is 45.7 Å². The van der Waals surface area contributed by atoms with E-state index in [1.165, 1.54) is 5.56 Å². The molecule has 1 heterocycles. The molecule has 1 N–H and O–H groups in total. The van der Waals surface area contributed by atoms with Gasteiger partial charge in [0.2, 0.25) is 5.91 Å². The van der Waals surface area contributed by atoms with Gasteiger partial charge in [0.25, 0.3) is 0 Å². The molecular weight excluding hydrogens is 386 g/mol. The number of rotatable bonds is 10. The van der Waals surface area contributed by atoms with E-state index in [2.05, 4.69) is 45.4 Å². The highest BCUT2D eigenvalue weighted by molar-refractivity contribution is 7.92. The predicted molar refractivity (Wildman–Crippen MR) is 116 cm³/mol. The van der Waals surface area contributed by atoms with E-state index in [0.717, 1.165) is 71.4 Å². The summed E-state index contributed by atoms with van der Waals surface area (Å²) in [6, 6.07) is 10.6. The number of nitrogens with zero attached hydrogens (tertiary/aromatic N) is 2. The first-order valence-corrected chi connectivity index (χ1v) is 12.7. The molecule has 1 aliphatic carbocycles. The SMILES string of the molecule is O=C(CCS(=O)(=O)C1CCCC1)NCCCN1CCN(Cc2ccccc2)CC1. The number of piperazine rings is 1. The monoisotopic (exact) mass is 421 g/mol. The fourth-order valence-electron chi connectivity index (χ4n) is 4.28. The minimum atomic E-state index is -3.10. The molecule has 0 unspecified atom stereocenters. The number of benzene rings is 1. The maximum Gasteiger partial charge on any atom is 0.221 e. The van der Waals surface area contributed by atoms with Crippen molar-refractivity contribution in [3.63, 3.8) is 0 Å². The number of hydrogen-bond donors (Lipinski definition) is 1. The summed E-state index contributed by atoms with van der Waals surface area (Å²) in [6.45, 7) is 6.85. The van der Waals surface area contributed by atoms with E-state index in [1.54, 1.807) is 0 Å². The minimum Gasteiger partial charge on any atom is -0.356 e. The molecule has 0 spiro atoms. The first-order valence-electron chi connectivity index (χ1n) is 11.0. The average Bonchev–Trinajstić information content (AvgIpc) is 3.28. The number of amides is 1. The Hall–Kier alpha value is -1.44. The van der Waals surface area contributed by atoms with Crippen LogP contribution in [0.3, 0.4) is 0 Å². The number of carbonyl (C=O) groups is 1. The van der Waals surface area contributed by atoms with E-state index < -0.39 is 9.84 Å². The summed E-state index contributed by atoms with van der Waals surface area (Å²) in [7, 11) is -3.10. The van der Waals surface area contributed by atoms with Crippen molar-refractivity contribution in [1.29, 1.82) is 0 Å². The van der Waals surface area contributed by atoms with Gasteiger partial charge in [-0.05, 0) is 31.4 Å². The van der Waals surface area contributed by atoms with Gasteiger partial charge in [0.05, 0.1) is 11.0 Å². The summed E-state index contributed by atoms with van der Waals surface area (Å²) in [5, 5.41) is 2.67. The lowest BCUT2D eigenvalue weighted by Gasteiger charge is -2.34. The maximum absolute atomic E-state index is 12.2. The second-order valence-electron chi connectivity index (χ2n) is 8.33. The lowest BCUT2D eigenvalue weighted by molar-refractivity contribution is -0.120. The molecule has 1 amide bonds. The first-order chi connectivity index (χ1) is 14.0. The zero-order valence-corrected chi connectivity index (χ0v) is 18.2. The molecule has 3 rings (SSSR count). The molecule has 2 aliphatic rings. The zero-order valence-electron chi connectivity index (χ0n) is 17.4. The van der Waals surface area contributed by atoms with Crippen LogP contribution in [0.1, 0.15) is 44.1 Å². The summed E-state index contributed by atoms with van der Waals surface area (Å²) < 4.78 is 24.4. The van der Waals surface area contributed by atoms with Crippen LogP contribution in [-0.2, 0) is 21.2 Å². The van der Waals surface area contributed by atoms with Crippen molar-refractivity contribution in [2.45, 2.75) is 50.3 Å². The molecule has 1 aromatic rings. The Morgan fingerprint density at radius 2 is 1.66 bits per heavy atom. The molecular formula is C22H35N3O3S. The summed E-state index contributed by atoms with van der Waals surface area (Å²) in [6.07, 6.45) is 4.52. The van der Waals surface area contributed by atoms with Gasteiger partial charge in [0.15, 0.2) is 9.84 Å². The van der Waals surface area contributed by atoms with Gasteiger partial charge in [-0.25, -0.2) is 8.42 Å². The van der Waals surface area contributed by atoms with Crippen molar-refractivity contribution in [1.82, 2.24) is 15.1 Å². The van der Waals surface area contributed by atoms with E-state index in [1.807, 2.05) is 0 Å². The largest absolute Gasteiger partial charge is 0.356 e. The van der Waals surface area contributed by atoms with E-state index in [4.69, 9.17) is 0 Å². The van der Waals surface area contributed by atoms with Crippen molar-refractivity contribution >= 4 is 15.7 Å². The lowest BCUT2D eigenvalue weighted by Crippen LogP contribution is -2.46. The third kappa shape index (κ3) is 7.39. The highest BCUT2D eigenvalue weighted by atomic mass is 32.2. The van der Waals surface area contributed by atoms with Crippen LogP contribution in [-0.4, -0.2) is 74.4 Å². The Morgan fingerprint density at radius 3 is 2.34 bits per heavy atom. The van der Waals surface area contributed by atoms with Crippen LogP contribution in [0.25, 0.3) is 0 Å². The van der Waals surface area contributed by atoms with Crippen molar-refractivity contribution in [2.75, 3.05) is 45.0 Å². The normalized spacial score (nSPS) is 19.4. The lowest BCUT2D eigenvalue weighted by atomic mass is 10.2. The summed E-state index contributed by atoms with van der Waals surface area (Å²) >= 11 is 0. The molecule has 162 valence electrons. The van der Waals surface area contributed by atoms with Gasteiger partial charge in [-0.3, -0.25) is 9.69 Å².